The average Bonchev–Trinajstić information content (AvgIpc) is 2.36. The monoisotopic (exact) mass is 426 g/mol. The molecule has 17 heavy (non-hydrogen) atoms. The number of carbonyl (C=O) groups excluding carboxylic acids is 1. The fraction of sp³-hybridized carbons (Fsp3) is 0.417. The number of methoxy groups -OCH3 is 1. The molecule has 0 aromatic heterocycles. The Hall–Kier alpha value is 0.130. The third-order valence-corrected chi connectivity index (χ3v) is 4.91. The standard InChI is InChI=1S/C12H13Br3O2/c1-17-11(16)10(13)7-8-12(14,15)9-5-3-2-4-6-9/h2-6,10H,7-8H2,1H3. The Bertz CT molecular complexity index is 365. The average molecular weight is 429 g/mol. The molecular weight excluding hydrogens is 416 g/mol. The zero-order valence-electron chi connectivity index (χ0n) is 9.33. The highest BCUT2D eigenvalue weighted by Gasteiger charge is 2.27. The summed E-state index contributed by atoms with van der Waals surface area (Å²) in [4.78, 5) is 11.0. The number of alkyl halides is 3. The molecule has 0 aliphatic carbocycles. The molecule has 0 N–H and O–H groups in total. The summed E-state index contributed by atoms with van der Waals surface area (Å²) < 4.78 is 4.36. The summed E-state index contributed by atoms with van der Waals surface area (Å²) >= 11 is 10.6. The van der Waals surface area contributed by atoms with Gasteiger partial charge in [0.2, 0.25) is 0 Å². The van der Waals surface area contributed by atoms with Crippen LogP contribution in [0.3, 0.4) is 0 Å². The summed E-state index contributed by atoms with van der Waals surface area (Å²) in [6.07, 6.45) is 1.44. The minimum Gasteiger partial charge on any atom is -0.468 e. The number of halogens is 3. The first kappa shape index (κ1) is 15.2. The Morgan fingerprint density at radius 3 is 2.47 bits per heavy atom. The lowest BCUT2D eigenvalue weighted by atomic mass is 10.1. The second kappa shape index (κ2) is 6.90. The number of benzene rings is 1. The summed E-state index contributed by atoms with van der Waals surface area (Å²) in [5.74, 6) is -0.242. The van der Waals surface area contributed by atoms with E-state index in [0.717, 1.165) is 12.0 Å². The second-order valence-corrected chi connectivity index (χ2v) is 8.48. The Morgan fingerprint density at radius 1 is 1.35 bits per heavy atom. The molecule has 5 heteroatoms. The van der Waals surface area contributed by atoms with Crippen LogP contribution in [0.15, 0.2) is 30.3 Å². The maximum absolute atomic E-state index is 11.3. The summed E-state index contributed by atoms with van der Waals surface area (Å²) in [6.45, 7) is 0. The zero-order valence-corrected chi connectivity index (χ0v) is 14.1. The molecule has 0 amide bonds. The largest absolute Gasteiger partial charge is 0.468 e. The number of ether oxygens (including phenoxy) is 1. The molecule has 0 saturated heterocycles. The van der Waals surface area contributed by atoms with Crippen molar-refractivity contribution in [3.63, 3.8) is 0 Å². The lowest BCUT2D eigenvalue weighted by Gasteiger charge is -2.21. The van der Waals surface area contributed by atoms with E-state index in [0.29, 0.717) is 6.42 Å². The van der Waals surface area contributed by atoms with Gasteiger partial charge in [0.1, 0.15) is 8.06 Å². The Morgan fingerprint density at radius 2 is 1.94 bits per heavy atom. The predicted molar refractivity (Wildman–Crippen MR) is 79.9 cm³/mol. The van der Waals surface area contributed by atoms with E-state index in [2.05, 4.69) is 52.5 Å². The van der Waals surface area contributed by atoms with E-state index in [1.54, 1.807) is 0 Å². The summed E-state index contributed by atoms with van der Waals surface area (Å²) in [7, 11) is 1.39. The van der Waals surface area contributed by atoms with E-state index < -0.39 is 0 Å². The van der Waals surface area contributed by atoms with Gasteiger partial charge in [0, 0.05) is 0 Å². The van der Waals surface area contributed by atoms with Crippen molar-refractivity contribution >= 4 is 53.8 Å². The van der Waals surface area contributed by atoms with Gasteiger partial charge >= 0.3 is 5.97 Å². The van der Waals surface area contributed by atoms with E-state index in [9.17, 15) is 4.79 Å². The highest BCUT2D eigenvalue weighted by atomic mass is 79.9. The fourth-order valence-electron chi connectivity index (χ4n) is 1.38. The molecule has 1 unspecified atom stereocenters. The molecule has 0 saturated carbocycles. The van der Waals surface area contributed by atoms with Crippen LogP contribution in [0.2, 0.25) is 0 Å². The molecule has 1 aromatic rings. The molecule has 1 aromatic carbocycles. The van der Waals surface area contributed by atoms with Gasteiger partial charge in [-0.25, -0.2) is 0 Å². The fourth-order valence-corrected chi connectivity index (χ4v) is 2.78. The maximum Gasteiger partial charge on any atom is 0.319 e. The van der Waals surface area contributed by atoms with Crippen molar-refractivity contribution in [1.29, 1.82) is 0 Å². The molecule has 0 aliphatic rings. The van der Waals surface area contributed by atoms with Gasteiger partial charge in [-0.2, -0.15) is 0 Å². The van der Waals surface area contributed by atoms with E-state index >= 15 is 0 Å². The van der Waals surface area contributed by atoms with Gasteiger partial charge in [-0.3, -0.25) is 4.79 Å². The first-order chi connectivity index (χ1) is 7.97. The van der Waals surface area contributed by atoms with Gasteiger partial charge in [0.25, 0.3) is 0 Å². The van der Waals surface area contributed by atoms with Crippen molar-refractivity contribution in [3.8, 4) is 0 Å². The molecule has 0 aliphatic heterocycles. The third kappa shape index (κ3) is 4.72. The van der Waals surface area contributed by atoms with Gasteiger partial charge in [0.05, 0.1) is 7.11 Å². The lowest BCUT2D eigenvalue weighted by molar-refractivity contribution is -0.139. The molecule has 1 atom stereocenters. The Kier molecular flexibility index (Phi) is 6.17. The van der Waals surface area contributed by atoms with Crippen LogP contribution < -0.4 is 0 Å². The van der Waals surface area contributed by atoms with E-state index in [4.69, 9.17) is 0 Å². The van der Waals surface area contributed by atoms with Crippen molar-refractivity contribution in [3.05, 3.63) is 35.9 Å². The highest BCUT2D eigenvalue weighted by Crippen LogP contribution is 2.43. The molecule has 1 rings (SSSR count). The molecule has 0 bridgehead atoms. The topological polar surface area (TPSA) is 26.3 Å². The SMILES string of the molecule is COC(=O)C(Br)CCC(Br)(Br)c1ccccc1. The molecule has 0 radical (unpaired) electrons. The van der Waals surface area contributed by atoms with Crippen LogP contribution in [0.4, 0.5) is 0 Å². The number of rotatable bonds is 5. The van der Waals surface area contributed by atoms with Gasteiger partial charge in [-0.15, -0.1) is 0 Å². The van der Waals surface area contributed by atoms with Crippen molar-refractivity contribution in [2.75, 3.05) is 7.11 Å². The molecule has 0 spiro atoms. The van der Waals surface area contributed by atoms with Gasteiger partial charge < -0.3 is 4.74 Å². The molecule has 0 fully saturated rings. The van der Waals surface area contributed by atoms with Gasteiger partial charge in [0.15, 0.2) is 0 Å². The summed E-state index contributed by atoms with van der Waals surface area (Å²) in [5.41, 5.74) is 1.13. The summed E-state index contributed by atoms with van der Waals surface area (Å²) in [5, 5.41) is 0. The third-order valence-electron chi connectivity index (χ3n) is 2.36. The van der Waals surface area contributed by atoms with Gasteiger partial charge in [-0.1, -0.05) is 78.1 Å². The molecular formula is C12H13Br3O2. The van der Waals surface area contributed by atoms with E-state index in [1.807, 2.05) is 30.3 Å². The number of hydrogen-bond donors (Lipinski definition) is 0. The Balaban J connectivity index is 2.59. The molecule has 0 heterocycles. The van der Waals surface area contributed by atoms with Crippen LogP contribution in [-0.4, -0.2) is 17.9 Å². The quantitative estimate of drug-likeness (QED) is 0.515. The lowest BCUT2D eigenvalue weighted by Crippen LogP contribution is -2.19. The molecule has 2 nitrogen and oxygen atoms in total. The first-order valence-electron chi connectivity index (χ1n) is 5.12. The second-order valence-electron chi connectivity index (χ2n) is 3.60. The van der Waals surface area contributed by atoms with Crippen molar-refractivity contribution in [2.45, 2.75) is 20.9 Å². The van der Waals surface area contributed by atoms with Crippen LogP contribution in [0.1, 0.15) is 18.4 Å². The van der Waals surface area contributed by atoms with Crippen LogP contribution in [0.5, 0.6) is 0 Å². The highest BCUT2D eigenvalue weighted by molar-refractivity contribution is 9.24. The summed E-state index contributed by atoms with van der Waals surface area (Å²) in [6, 6.07) is 10.0. The zero-order chi connectivity index (χ0) is 12.9. The van der Waals surface area contributed by atoms with Crippen LogP contribution in [-0.2, 0) is 12.8 Å². The maximum atomic E-state index is 11.3. The van der Waals surface area contributed by atoms with Gasteiger partial charge in [-0.05, 0) is 18.4 Å². The first-order valence-corrected chi connectivity index (χ1v) is 7.63. The van der Waals surface area contributed by atoms with E-state index in [-0.39, 0.29) is 14.0 Å². The van der Waals surface area contributed by atoms with Crippen LogP contribution in [0.25, 0.3) is 0 Å². The van der Waals surface area contributed by atoms with Crippen molar-refractivity contribution in [1.82, 2.24) is 0 Å². The van der Waals surface area contributed by atoms with Crippen molar-refractivity contribution in [2.24, 2.45) is 0 Å². The number of esters is 1. The van der Waals surface area contributed by atoms with Crippen LogP contribution in [0, 0.1) is 0 Å². The van der Waals surface area contributed by atoms with Crippen molar-refractivity contribution < 1.29 is 9.53 Å². The molecule has 94 valence electrons. The normalized spacial score (nSPS) is 13.2. The number of hydrogen-bond acceptors (Lipinski definition) is 2. The number of carbonyl (C=O) groups is 1. The van der Waals surface area contributed by atoms with E-state index in [1.165, 1.54) is 7.11 Å². The minimum atomic E-state index is -0.304. The minimum absolute atomic E-state index is 0.242. The smallest absolute Gasteiger partial charge is 0.319 e. The Labute approximate surface area is 126 Å². The predicted octanol–water partition coefficient (Wildman–Crippen LogP) is 4.35. The van der Waals surface area contributed by atoms with Crippen LogP contribution >= 0.6 is 47.8 Å².